The molecule has 2 aliphatic heterocycles. The number of ether oxygens (including phenoxy) is 2. The maximum atomic E-state index is 10.6. The van der Waals surface area contributed by atoms with Gasteiger partial charge in [0.15, 0.2) is 11.5 Å². The molecule has 0 amide bonds. The minimum absolute atomic E-state index is 0.206. The zero-order chi connectivity index (χ0) is 12.9. The lowest BCUT2D eigenvalue weighted by atomic mass is 9.92. The Hall–Kier alpha value is -0.390. The first kappa shape index (κ1) is 12.6. The molecule has 3 nitrogen and oxygen atoms in total. The molecule has 0 saturated heterocycles. The lowest BCUT2D eigenvalue weighted by Gasteiger charge is -2.38. The summed E-state index contributed by atoms with van der Waals surface area (Å²) < 4.78 is 12.1. The van der Waals surface area contributed by atoms with Crippen LogP contribution in [0.5, 0.6) is 11.5 Å². The van der Waals surface area contributed by atoms with Crippen LogP contribution in [-0.2, 0) is 5.75 Å². The van der Waals surface area contributed by atoms with E-state index in [2.05, 4.69) is 29.8 Å². The fourth-order valence-corrected chi connectivity index (χ4v) is 4.19. The van der Waals surface area contributed by atoms with Crippen molar-refractivity contribution in [2.24, 2.45) is 0 Å². The molecule has 5 heteroatoms. The van der Waals surface area contributed by atoms with Gasteiger partial charge in [0.1, 0.15) is 13.2 Å². The Bertz CT molecular complexity index is 501. The molecule has 0 fully saturated rings. The summed E-state index contributed by atoms with van der Waals surface area (Å²) in [6.45, 7) is 5.22. The summed E-state index contributed by atoms with van der Waals surface area (Å²) in [5.41, 5.74) is 2.01. The highest BCUT2D eigenvalue weighted by Gasteiger charge is 2.40. The Balaban J connectivity index is 2.21. The van der Waals surface area contributed by atoms with E-state index in [-0.39, 0.29) is 4.75 Å². The van der Waals surface area contributed by atoms with Gasteiger partial charge in [0.2, 0.25) is 0 Å². The Labute approximate surface area is 119 Å². The number of hydrogen-bond donors (Lipinski definition) is 1. The lowest BCUT2D eigenvalue weighted by Crippen LogP contribution is -2.31. The normalized spacial score (nSPS) is 24.6. The smallest absolute Gasteiger partial charge is 0.167 e. The van der Waals surface area contributed by atoms with Crippen molar-refractivity contribution in [3.05, 3.63) is 21.7 Å². The quantitative estimate of drug-likeness (QED) is 0.792. The largest absolute Gasteiger partial charge is 0.486 e. The number of thioether (sulfide) groups is 1. The topological polar surface area (TPSA) is 38.7 Å². The van der Waals surface area contributed by atoms with Crippen LogP contribution in [0.15, 0.2) is 10.5 Å². The van der Waals surface area contributed by atoms with Gasteiger partial charge in [-0.2, -0.15) is 0 Å². The SMILES string of the molecule is CC1(C)SCc2c(Br)cc3c(c2C1O)OCCO3. The third-order valence-corrected chi connectivity index (χ3v) is 5.56. The minimum Gasteiger partial charge on any atom is -0.486 e. The molecule has 1 aromatic rings. The summed E-state index contributed by atoms with van der Waals surface area (Å²) in [6, 6.07) is 1.94. The number of aliphatic hydroxyl groups excluding tert-OH is 1. The summed E-state index contributed by atoms with van der Waals surface area (Å²) in [5, 5.41) is 10.6. The van der Waals surface area contributed by atoms with Crippen molar-refractivity contribution in [1.29, 1.82) is 0 Å². The summed E-state index contributed by atoms with van der Waals surface area (Å²) in [5.74, 6) is 2.32. The molecule has 2 heterocycles. The summed E-state index contributed by atoms with van der Waals surface area (Å²) in [7, 11) is 0. The Morgan fingerprint density at radius 2 is 2.11 bits per heavy atom. The van der Waals surface area contributed by atoms with E-state index in [1.165, 1.54) is 0 Å². The molecular weight excluding hydrogens is 316 g/mol. The van der Waals surface area contributed by atoms with E-state index in [0.29, 0.717) is 13.2 Å². The monoisotopic (exact) mass is 330 g/mol. The van der Waals surface area contributed by atoms with Crippen LogP contribution < -0.4 is 9.47 Å². The van der Waals surface area contributed by atoms with Gasteiger partial charge < -0.3 is 14.6 Å². The molecule has 0 saturated carbocycles. The first-order valence-electron chi connectivity index (χ1n) is 5.93. The zero-order valence-electron chi connectivity index (χ0n) is 10.3. The first-order chi connectivity index (χ1) is 8.50. The average Bonchev–Trinajstić information content (AvgIpc) is 2.33. The molecule has 0 aliphatic carbocycles. The summed E-state index contributed by atoms with van der Waals surface area (Å²) >= 11 is 5.33. The van der Waals surface area contributed by atoms with E-state index in [1.54, 1.807) is 11.8 Å². The lowest BCUT2D eigenvalue weighted by molar-refractivity contribution is 0.123. The van der Waals surface area contributed by atoms with Crippen molar-refractivity contribution in [2.45, 2.75) is 30.5 Å². The Kier molecular flexibility index (Phi) is 3.03. The molecule has 1 N–H and O–H groups in total. The first-order valence-corrected chi connectivity index (χ1v) is 7.71. The Morgan fingerprint density at radius 3 is 2.89 bits per heavy atom. The van der Waals surface area contributed by atoms with E-state index in [9.17, 15) is 5.11 Å². The molecule has 98 valence electrons. The average molecular weight is 331 g/mol. The van der Waals surface area contributed by atoms with Crippen molar-refractivity contribution in [1.82, 2.24) is 0 Å². The van der Waals surface area contributed by atoms with Crippen LogP contribution in [0.2, 0.25) is 0 Å². The van der Waals surface area contributed by atoms with Crippen LogP contribution in [0.4, 0.5) is 0 Å². The minimum atomic E-state index is -0.542. The van der Waals surface area contributed by atoms with Crippen LogP contribution in [0.3, 0.4) is 0 Å². The summed E-state index contributed by atoms with van der Waals surface area (Å²) in [6.07, 6.45) is -0.542. The number of fused-ring (bicyclic) bond motifs is 3. The van der Waals surface area contributed by atoms with Crippen molar-refractivity contribution in [3.8, 4) is 11.5 Å². The highest BCUT2D eigenvalue weighted by atomic mass is 79.9. The van der Waals surface area contributed by atoms with Gasteiger partial charge in [0.05, 0.1) is 6.10 Å². The van der Waals surface area contributed by atoms with Crippen LogP contribution in [0.25, 0.3) is 0 Å². The number of aliphatic hydroxyl groups is 1. The fraction of sp³-hybridized carbons (Fsp3) is 0.538. The van der Waals surface area contributed by atoms with Crippen molar-refractivity contribution < 1.29 is 14.6 Å². The summed E-state index contributed by atoms with van der Waals surface area (Å²) in [4.78, 5) is 0. The fourth-order valence-electron chi connectivity index (χ4n) is 2.34. The van der Waals surface area contributed by atoms with Crippen LogP contribution >= 0.6 is 27.7 Å². The predicted octanol–water partition coefficient (Wildman–Crippen LogP) is 3.28. The molecule has 0 radical (unpaired) electrons. The molecule has 0 spiro atoms. The second kappa shape index (κ2) is 4.32. The van der Waals surface area contributed by atoms with Gasteiger partial charge in [-0.3, -0.25) is 0 Å². The van der Waals surface area contributed by atoms with Gasteiger partial charge in [-0.25, -0.2) is 0 Å². The van der Waals surface area contributed by atoms with Gasteiger partial charge in [-0.15, -0.1) is 11.8 Å². The maximum Gasteiger partial charge on any atom is 0.167 e. The van der Waals surface area contributed by atoms with Crippen molar-refractivity contribution in [2.75, 3.05) is 13.2 Å². The highest BCUT2D eigenvalue weighted by molar-refractivity contribution is 9.10. The second-order valence-electron chi connectivity index (χ2n) is 5.07. The van der Waals surface area contributed by atoms with Gasteiger partial charge in [0, 0.05) is 20.5 Å². The van der Waals surface area contributed by atoms with E-state index >= 15 is 0 Å². The standard InChI is InChI=1S/C13H15BrO3S/c1-13(2)12(15)10-7(6-18-13)8(14)5-9-11(10)17-4-3-16-9/h5,12,15H,3-4,6H2,1-2H3. The molecule has 1 unspecified atom stereocenters. The predicted molar refractivity (Wildman–Crippen MR) is 75.5 cm³/mol. The van der Waals surface area contributed by atoms with Gasteiger partial charge in [-0.05, 0) is 25.5 Å². The molecule has 0 aromatic heterocycles. The third kappa shape index (κ3) is 1.84. The molecular formula is C13H15BrO3S. The second-order valence-corrected chi connectivity index (χ2v) is 7.55. The zero-order valence-corrected chi connectivity index (χ0v) is 12.7. The number of hydrogen-bond acceptors (Lipinski definition) is 4. The molecule has 2 aliphatic rings. The Morgan fingerprint density at radius 1 is 1.39 bits per heavy atom. The van der Waals surface area contributed by atoms with Gasteiger partial charge in [0.25, 0.3) is 0 Å². The number of rotatable bonds is 0. The molecule has 0 bridgehead atoms. The van der Waals surface area contributed by atoms with Crippen LogP contribution in [-0.4, -0.2) is 23.1 Å². The van der Waals surface area contributed by atoms with E-state index in [4.69, 9.17) is 9.47 Å². The van der Waals surface area contributed by atoms with Gasteiger partial charge >= 0.3 is 0 Å². The maximum absolute atomic E-state index is 10.6. The van der Waals surface area contributed by atoms with Crippen molar-refractivity contribution in [3.63, 3.8) is 0 Å². The van der Waals surface area contributed by atoms with Gasteiger partial charge in [-0.1, -0.05) is 15.9 Å². The van der Waals surface area contributed by atoms with E-state index in [0.717, 1.165) is 32.9 Å². The van der Waals surface area contributed by atoms with Crippen molar-refractivity contribution >= 4 is 27.7 Å². The molecule has 1 aromatic carbocycles. The van der Waals surface area contributed by atoms with Crippen LogP contribution in [0, 0.1) is 0 Å². The van der Waals surface area contributed by atoms with E-state index in [1.807, 2.05) is 6.07 Å². The third-order valence-electron chi connectivity index (χ3n) is 3.45. The molecule has 3 rings (SSSR count). The molecule has 1 atom stereocenters. The molecule has 18 heavy (non-hydrogen) atoms. The number of benzene rings is 1. The highest BCUT2D eigenvalue weighted by Crippen LogP contribution is 2.53. The van der Waals surface area contributed by atoms with E-state index < -0.39 is 6.10 Å². The van der Waals surface area contributed by atoms with Crippen LogP contribution in [0.1, 0.15) is 31.1 Å². The number of halogens is 1.